The third-order valence-electron chi connectivity index (χ3n) is 7.70. The molecular weight excluding hydrogens is 428 g/mol. The number of rotatable bonds is 8. The third kappa shape index (κ3) is 5.80. The summed E-state index contributed by atoms with van der Waals surface area (Å²) < 4.78 is 7.08. The van der Waals surface area contributed by atoms with Crippen LogP contribution in [0.15, 0.2) is 36.5 Å². The molecule has 4 rings (SSSR count). The summed E-state index contributed by atoms with van der Waals surface area (Å²) in [6.07, 6.45) is 9.99. The fourth-order valence-corrected chi connectivity index (χ4v) is 5.65. The number of aryl methyl sites for hydroxylation is 1. The Balaban J connectivity index is 1.46. The number of benzene rings is 1. The minimum atomic E-state index is -0.0618. The van der Waals surface area contributed by atoms with Gasteiger partial charge in [-0.15, -0.1) is 0 Å². The summed E-state index contributed by atoms with van der Waals surface area (Å²) in [5.41, 5.74) is 1.61. The zero-order valence-corrected chi connectivity index (χ0v) is 20.8. The molecule has 7 heteroatoms. The molecular formula is C27H38N4O3. The van der Waals surface area contributed by atoms with Crippen molar-refractivity contribution in [2.75, 3.05) is 27.2 Å². The lowest BCUT2D eigenvalue weighted by Crippen LogP contribution is -2.48. The van der Waals surface area contributed by atoms with Gasteiger partial charge < -0.3 is 14.5 Å². The quantitative estimate of drug-likeness (QED) is 0.591. The van der Waals surface area contributed by atoms with Gasteiger partial charge in [0.15, 0.2) is 0 Å². The zero-order chi connectivity index (χ0) is 24.1. The van der Waals surface area contributed by atoms with Crippen molar-refractivity contribution in [3.63, 3.8) is 0 Å². The van der Waals surface area contributed by atoms with Gasteiger partial charge >= 0.3 is 0 Å². The maximum Gasteiger partial charge on any atom is 0.274 e. The third-order valence-corrected chi connectivity index (χ3v) is 7.70. The van der Waals surface area contributed by atoms with Gasteiger partial charge in [-0.05, 0) is 67.7 Å². The summed E-state index contributed by atoms with van der Waals surface area (Å²) in [6, 6.07) is 9.87. The van der Waals surface area contributed by atoms with Crippen molar-refractivity contribution in [2.45, 2.75) is 57.4 Å². The van der Waals surface area contributed by atoms with Crippen LogP contribution in [0.4, 0.5) is 0 Å². The first-order chi connectivity index (χ1) is 16.4. The minimum absolute atomic E-state index is 0.0219. The summed E-state index contributed by atoms with van der Waals surface area (Å²) in [7, 11) is 5.38. The first kappa shape index (κ1) is 24.3. The molecule has 2 amide bonds. The number of carbonyl (C=O) groups excluding carboxylic acids is 2. The number of likely N-dealkylation sites (tertiary alicyclic amines) is 1. The molecule has 34 heavy (non-hydrogen) atoms. The number of hydrogen-bond acceptors (Lipinski definition) is 4. The van der Waals surface area contributed by atoms with Crippen molar-refractivity contribution in [3.8, 4) is 5.75 Å². The zero-order valence-electron chi connectivity index (χ0n) is 20.8. The number of ether oxygens (including phenoxy) is 1. The molecule has 0 bridgehead atoms. The van der Waals surface area contributed by atoms with E-state index in [2.05, 4.69) is 16.1 Å². The van der Waals surface area contributed by atoms with E-state index in [9.17, 15) is 9.59 Å². The van der Waals surface area contributed by atoms with Gasteiger partial charge in [-0.1, -0.05) is 25.0 Å². The molecule has 1 atom stereocenters. The monoisotopic (exact) mass is 466 g/mol. The first-order valence-electron chi connectivity index (χ1n) is 12.6. The fraction of sp³-hybridized carbons (Fsp3) is 0.593. The van der Waals surface area contributed by atoms with Crippen LogP contribution in [0.1, 0.15) is 61.0 Å². The maximum absolute atomic E-state index is 13.3. The smallest absolute Gasteiger partial charge is 0.274 e. The molecule has 0 N–H and O–H groups in total. The van der Waals surface area contributed by atoms with E-state index in [4.69, 9.17) is 4.74 Å². The molecule has 1 aliphatic heterocycles. The van der Waals surface area contributed by atoms with E-state index in [1.807, 2.05) is 37.2 Å². The van der Waals surface area contributed by atoms with Crippen LogP contribution in [0, 0.1) is 11.8 Å². The van der Waals surface area contributed by atoms with Gasteiger partial charge in [-0.3, -0.25) is 14.3 Å². The van der Waals surface area contributed by atoms with Crippen LogP contribution >= 0.6 is 0 Å². The lowest BCUT2D eigenvalue weighted by Gasteiger charge is -2.40. The van der Waals surface area contributed by atoms with E-state index in [1.165, 1.54) is 25.7 Å². The van der Waals surface area contributed by atoms with Gasteiger partial charge in [-0.2, -0.15) is 5.10 Å². The number of carbonyl (C=O) groups is 2. The predicted molar refractivity (Wildman–Crippen MR) is 132 cm³/mol. The van der Waals surface area contributed by atoms with Crippen molar-refractivity contribution in [1.29, 1.82) is 0 Å². The van der Waals surface area contributed by atoms with Gasteiger partial charge in [0.1, 0.15) is 11.4 Å². The van der Waals surface area contributed by atoms with Crippen molar-refractivity contribution in [3.05, 3.63) is 47.8 Å². The highest BCUT2D eigenvalue weighted by Gasteiger charge is 2.34. The molecule has 1 saturated carbocycles. The van der Waals surface area contributed by atoms with Crippen LogP contribution in [-0.2, 0) is 18.3 Å². The number of piperidine rings is 1. The molecule has 1 aliphatic carbocycles. The summed E-state index contributed by atoms with van der Waals surface area (Å²) in [5.74, 6) is 1.97. The summed E-state index contributed by atoms with van der Waals surface area (Å²) in [6.45, 7) is 1.55. The first-order valence-corrected chi connectivity index (χ1v) is 12.6. The summed E-state index contributed by atoms with van der Waals surface area (Å²) >= 11 is 0. The highest BCUT2D eigenvalue weighted by Crippen LogP contribution is 2.31. The van der Waals surface area contributed by atoms with Gasteiger partial charge in [0, 0.05) is 45.8 Å². The molecule has 2 aliphatic rings. The van der Waals surface area contributed by atoms with Crippen LogP contribution in [0.5, 0.6) is 5.75 Å². The maximum atomic E-state index is 13.3. The average molecular weight is 467 g/mol. The molecule has 0 spiro atoms. The van der Waals surface area contributed by atoms with Crippen molar-refractivity contribution in [2.24, 2.45) is 18.9 Å². The van der Waals surface area contributed by atoms with Crippen LogP contribution < -0.4 is 4.74 Å². The Morgan fingerprint density at radius 3 is 2.53 bits per heavy atom. The van der Waals surface area contributed by atoms with Crippen LogP contribution in [0.25, 0.3) is 0 Å². The van der Waals surface area contributed by atoms with Crippen molar-refractivity contribution >= 4 is 11.8 Å². The molecule has 0 unspecified atom stereocenters. The number of hydrogen-bond donors (Lipinski definition) is 0. The Morgan fingerprint density at radius 2 is 1.88 bits per heavy atom. The molecule has 2 fully saturated rings. The standard InChI is InChI=1S/C27H38N4O3/c1-29-14-13-24(28-29)27(33)30(2)25(18-21-9-6-10-23(17-21)34-3)22-11-15-31(16-12-22)26(32)19-20-7-4-5-8-20/h6,9-10,13-14,17,20,22,25H,4-5,7-8,11-12,15-16,18-19H2,1-3H3/t25-/m1/s1. The van der Waals surface area contributed by atoms with Crippen LogP contribution in [0.2, 0.25) is 0 Å². The number of aromatic nitrogens is 2. The second-order valence-electron chi connectivity index (χ2n) is 9.99. The Hall–Kier alpha value is -2.83. The highest BCUT2D eigenvalue weighted by atomic mass is 16.5. The Bertz CT molecular complexity index is 974. The highest BCUT2D eigenvalue weighted by molar-refractivity contribution is 5.92. The fourth-order valence-electron chi connectivity index (χ4n) is 5.65. The van der Waals surface area contributed by atoms with Crippen LogP contribution in [0.3, 0.4) is 0 Å². The van der Waals surface area contributed by atoms with E-state index < -0.39 is 0 Å². The summed E-state index contributed by atoms with van der Waals surface area (Å²) in [5, 5.41) is 4.33. The Kier molecular flexibility index (Phi) is 7.91. The SMILES string of the molecule is COc1cccc(C[C@H](C2CCN(C(=O)CC3CCCC3)CC2)N(C)C(=O)c2ccn(C)n2)c1. The Labute approximate surface area is 203 Å². The lowest BCUT2D eigenvalue weighted by atomic mass is 9.84. The topological polar surface area (TPSA) is 67.7 Å². The molecule has 7 nitrogen and oxygen atoms in total. The van der Waals surface area contributed by atoms with Gasteiger partial charge in [0.2, 0.25) is 5.91 Å². The molecule has 1 saturated heterocycles. The predicted octanol–water partition coefficient (Wildman–Crippen LogP) is 3.93. The molecule has 2 heterocycles. The second kappa shape index (κ2) is 11.1. The number of methoxy groups -OCH3 is 1. The van der Waals surface area contributed by atoms with E-state index in [0.717, 1.165) is 43.7 Å². The van der Waals surface area contributed by atoms with Gasteiger partial charge in [-0.25, -0.2) is 0 Å². The summed E-state index contributed by atoms with van der Waals surface area (Å²) in [4.78, 5) is 30.1. The molecule has 0 radical (unpaired) electrons. The molecule has 1 aromatic carbocycles. The van der Waals surface area contributed by atoms with E-state index in [1.54, 1.807) is 24.1 Å². The van der Waals surface area contributed by atoms with E-state index in [0.29, 0.717) is 29.9 Å². The molecule has 2 aromatic rings. The normalized spacial score (nSPS) is 18.1. The number of nitrogens with zero attached hydrogens (tertiary/aromatic N) is 4. The van der Waals surface area contributed by atoms with E-state index in [-0.39, 0.29) is 11.9 Å². The average Bonchev–Trinajstić information content (AvgIpc) is 3.53. The lowest BCUT2D eigenvalue weighted by molar-refractivity contribution is -0.133. The van der Waals surface area contributed by atoms with Gasteiger partial charge in [0.05, 0.1) is 7.11 Å². The number of likely N-dealkylation sites (N-methyl/N-ethyl adjacent to an activating group) is 1. The number of amides is 2. The molecule has 184 valence electrons. The van der Waals surface area contributed by atoms with E-state index >= 15 is 0 Å². The second-order valence-corrected chi connectivity index (χ2v) is 9.99. The van der Waals surface area contributed by atoms with Gasteiger partial charge in [0.25, 0.3) is 5.91 Å². The largest absolute Gasteiger partial charge is 0.497 e. The van der Waals surface area contributed by atoms with Crippen molar-refractivity contribution in [1.82, 2.24) is 19.6 Å². The Morgan fingerprint density at radius 1 is 1.15 bits per heavy atom. The minimum Gasteiger partial charge on any atom is -0.497 e. The molecule has 1 aromatic heterocycles. The van der Waals surface area contributed by atoms with Crippen molar-refractivity contribution < 1.29 is 14.3 Å². The van der Waals surface area contributed by atoms with Crippen LogP contribution in [-0.4, -0.2) is 64.7 Å².